The van der Waals surface area contributed by atoms with Crippen LogP contribution in [0.15, 0.2) is 0 Å². The molecule has 1 fully saturated rings. The number of rotatable bonds is 12. The van der Waals surface area contributed by atoms with Gasteiger partial charge in [0.1, 0.15) is 0 Å². The van der Waals surface area contributed by atoms with Gasteiger partial charge in [0.05, 0.1) is 12.2 Å². The van der Waals surface area contributed by atoms with Crippen molar-refractivity contribution >= 4 is 0 Å². The first-order valence-corrected chi connectivity index (χ1v) is 9.37. The van der Waals surface area contributed by atoms with Gasteiger partial charge in [-0.05, 0) is 31.6 Å². The van der Waals surface area contributed by atoms with Gasteiger partial charge in [-0.25, -0.2) is 0 Å². The largest absolute Gasteiger partial charge is 0.375 e. The Morgan fingerprint density at radius 1 is 0.800 bits per heavy atom. The maximum Gasteiger partial charge on any atom is 0.0582 e. The predicted octanol–water partition coefficient (Wildman–Crippen LogP) is 6.50. The molecule has 0 bridgehead atoms. The fourth-order valence-electron chi connectivity index (χ4n) is 3.37. The van der Waals surface area contributed by atoms with E-state index in [4.69, 9.17) is 4.74 Å². The highest BCUT2D eigenvalue weighted by atomic mass is 16.5. The van der Waals surface area contributed by atoms with Crippen LogP contribution in [-0.2, 0) is 4.74 Å². The van der Waals surface area contributed by atoms with Crippen molar-refractivity contribution < 1.29 is 4.74 Å². The summed E-state index contributed by atoms with van der Waals surface area (Å²) < 4.78 is 6.14. The van der Waals surface area contributed by atoms with Crippen LogP contribution in [0.5, 0.6) is 0 Å². The third kappa shape index (κ3) is 9.00. The van der Waals surface area contributed by atoms with Crippen molar-refractivity contribution in [3.05, 3.63) is 0 Å². The lowest BCUT2D eigenvalue weighted by atomic mass is 10.0. The van der Waals surface area contributed by atoms with Crippen LogP contribution in [0.2, 0.25) is 0 Å². The summed E-state index contributed by atoms with van der Waals surface area (Å²) in [5.74, 6) is 0.784. The highest BCUT2D eigenvalue weighted by molar-refractivity contribution is 4.74. The van der Waals surface area contributed by atoms with Gasteiger partial charge in [0.25, 0.3) is 0 Å². The molecule has 1 saturated heterocycles. The van der Waals surface area contributed by atoms with E-state index in [1.165, 1.54) is 83.5 Å². The summed E-state index contributed by atoms with van der Waals surface area (Å²) in [7, 11) is 0. The van der Waals surface area contributed by atoms with Gasteiger partial charge in [-0.3, -0.25) is 0 Å². The quantitative estimate of drug-likeness (QED) is 0.371. The highest BCUT2D eigenvalue weighted by Crippen LogP contribution is 2.27. The van der Waals surface area contributed by atoms with Crippen molar-refractivity contribution in [1.29, 1.82) is 0 Å². The molecule has 120 valence electrons. The zero-order chi connectivity index (χ0) is 14.6. The Balaban J connectivity index is 1.85. The fourth-order valence-corrected chi connectivity index (χ4v) is 3.37. The zero-order valence-corrected chi connectivity index (χ0v) is 14.3. The second-order valence-electron chi connectivity index (χ2n) is 7.20. The molecule has 0 aromatic carbocycles. The van der Waals surface area contributed by atoms with E-state index < -0.39 is 0 Å². The Labute approximate surface area is 127 Å². The lowest BCUT2D eigenvalue weighted by molar-refractivity contribution is 0.0285. The molecular weight excluding hydrogens is 244 g/mol. The van der Waals surface area contributed by atoms with E-state index in [-0.39, 0.29) is 0 Å². The first kappa shape index (κ1) is 18.0. The van der Waals surface area contributed by atoms with Crippen LogP contribution in [0.1, 0.15) is 104 Å². The molecule has 0 radical (unpaired) electrons. The van der Waals surface area contributed by atoms with E-state index in [0.717, 1.165) is 5.92 Å². The average molecular weight is 283 g/mol. The van der Waals surface area contributed by atoms with Crippen LogP contribution in [0.4, 0.5) is 0 Å². The zero-order valence-electron chi connectivity index (χ0n) is 14.3. The maximum atomic E-state index is 6.14. The minimum absolute atomic E-state index is 0.568. The average Bonchev–Trinajstić information content (AvgIpc) is 2.83. The summed E-state index contributed by atoms with van der Waals surface area (Å²) in [4.78, 5) is 0. The molecule has 0 unspecified atom stereocenters. The molecule has 0 saturated carbocycles. The summed E-state index contributed by atoms with van der Waals surface area (Å²) in [5.41, 5.74) is 0. The molecule has 1 heteroatoms. The first-order chi connectivity index (χ1) is 9.72. The molecule has 1 nitrogen and oxygen atoms in total. The van der Waals surface area contributed by atoms with Crippen molar-refractivity contribution in [2.24, 2.45) is 5.92 Å². The summed E-state index contributed by atoms with van der Waals surface area (Å²) in [6.45, 7) is 6.89. The number of hydrogen-bond donors (Lipinski definition) is 0. The number of hydrogen-bond acceptors (Lipinski definition) is 1. The van der Waals surface area contributed by atoms with E-state index in [0.29, 0.717) is 12.2 Å². The molecule has 0 aliphatic carbocycles. The number of unbranched alkanes of at least 4 members (excludes halogenated alkanes) is 8. The van der Waals surface area contributed by atoms with E-state index in [2.05, 4.69) is 20.8 Å². The Morgan fingerprint density at radius 3 is 1.95 bits per heavy atom. The molecular formula is C19H38O. The Hall–Kier alpha value is -0.0400. The second kappa shape index (κ2) is 11.6. The summed E-state index contributed by atoms with van der Waals surface area (Å²) in [5, 5.41) is 0. The monoisotopic (exact) mass is 282 g/mol. The van der Waals surface area contributed by atoms with Crippen LogP contribution in [-0.4, -0.2) is 12.2 Å². The standard InChI is InChI=1S/C19H38O/c1-4-5-6-7-8-9-10-11-12-13-18-14-15-19(20-18)16-17(2)3/h17-19H,4-16H2,1-3H3/t18-,19-/m1/s1. The van der Waals surface area contributed by atoms with E-state index >= 15 is 0 Å². The van der Waals surface area contributed by atoms with Gasteiger partial charge in [-0.2, -0.15) is 0 Å². The summed E-state index contributed by atoms with van der Waals surface area (Å²) in [6.07, 6.45) is 19.2. The van der Waals surface area contributed by atoms with Crippen molar-refractivity contribution in [2.45, 2.75) is 116 Å². The molecule has 0 amide bonds. The van der Waals surface area contributed by atoms with Crippen LogP contribution in [0.25, 0.3) is 0 Å². The predicted molar refractivity (Wildman–Crippen MR) is 89.2 cm³/mol. The van der Waals surface area contributed by atoms with Gasteiger partial charge in [0.15, 0.2) is 0 Å². The first-order valence-electron chi connectivity index (χ1n) is 9.37. The van der Waals surface area contributed by atoms with E-state index in [1.54, 1.807) is 0 Å². The summed E-state index contributed by atoms with van der Waals surface area (Å²) >= 11 is 0. The molecule has 1 aliphatic heterocycles. The summed E-state index contributed by atoms with van der Waals surface area (Å²) in [6, 6.07) is 0. The second-order valence-corrected chi connectivity index (χ2v) is 7.20. The molecule has 0 aromatic rings. The van der Waals surface area contributed by atoms with Gasteiger partial charge in [0.2, 0.25) is 0 Å². The van der Waals surface area contributed by atoms with Crippen LogP contribution in [0, 0.1) is 5.92 Å². The molecule has 1 aliphatic rings. The van der Waals surface area contributed by atoms with E-state index in [1.807, 2.05) is 0 Å². The highest BCUT2D eigenvalue weighted by Gasteiger charge is 2.24. The lowest BCUT2D eigenvalue weighted by Crippen LogP contribution is -2.13. The van der Waals surface area contributed by atoms with Crippen molar-refractivity contribution in [2.75, 3.05) is 0 Å². The SMILES string of the molecule is CCCCCCCCCCC[C@@H]1CC[C@H](CC(C)C)O1. The molecule has 0 spiro atoms. The third-order valence-electron chi connectivity index (χ3n) is 4.56. The minimum atomic E-state index is 0.568. The van der Waals surface area contributed by atoms with Gasteiger partial charge >= 0.3 is 0 Å². The Kier molecular flexibility index (Phi) is 10.4. The van der Waals surface area contributed by atoms with Crippen LogP contribution < -0.4 is 0 Å². The maximum absolute atomic E-state index is 6.14. The van der Waals surface area contributed by atoms with Gasteiger partial charge in [-0.15, -0.1) is 0 Å². The Bertz CT molecular complexity index is 212. The Morgan fingerprint density at radius 2 is 1.35 bits per heavy atom. The normalized spacial score (nSPS) is 22.8. The molecule has 0 aromatic heterocycles. The van der Waals surface area contributed by atoms with Crippen LogP contribution >= 0.6 is 0 Å². The molecule has 0 N–H and O–H groups in total. The topological polar surface area (TPSA) is 9.23 Å². The van der Waals surface area contributed by atoms with Crippen molar-refractivity contribution in [1.82, 2.24) is 0 Å². The van der Waals surface area contributed by atoms with Crippen LogP contribution in [0.3, 0.4) is 0 Å². The van der Waals surface area contributed by atoms with Crippen molar-refractivity contribution in [3.8, 4) is 0 Å². The van der Waals surface area contributed by atoms with Crippen molar-refractivity contribution in [3.63, 3.8) is 0 Å². The van der Waals surface area contributed by atoms with Gasteiger partial charge in [0, 0.05) is 0 Å². The molecule has 20 heavy (non-hydrogen) atoms. The molecule has 1 rings (SSSR count). The smallest absolute Gasteiger partial charge is 0.0582 e. The fraction of sp³-hybridized carbons (Fsp3) is 1.00. The van der Waals surface area contributed by atoms with Gasteiger partial charge < -0.3 is 4.74 Å². The minimum Gasteiger partial charge on any atom is -0.375 e. The molecule has 1 heterocycles. The van der Waals surface area contributed by atoms with E-state index in [9.17, 15) is 0 Å². The number of ether oxygens (including phenoxy) is 1. The third-order valence-corrected chi connectivity index (χ3v) is 4.56. The molecule has 2 atom stereocenters. The lowest BCUT2D eigenvalue weighted by Gasteiger charge is -2.15. The van der Waals surface area contributed by atoms with Gasteiger partial charge in [-0.1, -0.05) is 78.6 Å².